The molecule has 2 heteroatoms. The molecule has 0 atom stereocenters. The van der Waals surface area contributed by atoms with Crippen molar-refractivity contribution >= 4 is 11.4 Å². The second-order valence-electron chi connectivity index (χ2n) is 2.73. The van der Waals surface area contributed by atoms with Gasteiger partial charge in [0, 0.05) is 25.5 Å². The third-order valence-corrected chi connectivity index (χ3v) is 2.05. The Hall–Kier alpha value is -1.18. The molecule has 1 aromatic rings. The first-order valence-electron chi connectivity index (χ1n) is 5.30. The molecule has 0 heterocycles. The van der Waals surface area contributed by atoms with E-state index in [9.17, 15) is 0 Å². The number of nitrogens with one attached hydrogen (secondary N) is 2. The summed E-state index contributed by atoms with van der Waals surface area (Å²) in [4.78, 5) is 0. The monoisotopic (exact) mass is 194 g/mol. The number of hydrogen-bond acceptors (Lipinski definition) is 2. The summed E-state index contributed by atoms with van der Waals surface area (Å²) in [5.74, 6) is 0. The molecule has 80 valence electrons. The van der Waals surface area contributed by atoms with Crippen LogP contribution in [0.15, 0.2) is 18.2 Å². The van der Waals surface area contributed by atoms with Crippen LogP contribution < -0.4 is 10.6 Å². The Bertz CT molecular complexity index is 256. The van der Waals surface area contributed by atoms with E-state index in [1.807, 2.05) is 27.9 Å². The number of rotatable bonds is 3. The fraction of sp³-hybridized carbons (Fsp3) is 0.500. The lowest BCUT2D eigenvalue weighted by atomic mass is 10.1. The van der Waals surface area contributed by atoms with Crippen LogP contribution in [0.1, 0.15) is 26.3 Å². The molecule has 0 fully saturated rings. The molecule has 0 spiro atoms. The highest BCUT2D eigenvalue weighted by atomic mass is 14.9. The van der Waals surface area contributed by atoms with Gasteiger partial charge in [0.2, 0.25) is 0 Å². The van der Waals surface area contributed by atoms with Gasteiger partial charge in [-0.15, -0.1) is 0 Å². The van der Waals surface area contributed by atoms with Crippen LogP contribution in [0.3, 0.4) is 0 Å². The van der Waals surface area contributed by atoms with Crippen molar-refractivity contribution in [1.29, 1.82) is 0 Å². The first kappa shape index (κ1) is 12.8. The minimum atomic E-state index is 1.07. The quantitative estimate of drug-likeness (QED) is 0.771. The van der Waals surface area contributed by atoms with Crippen molar-refractivity contribution in [2.45, 2.75) is 27.2 Å². The molecule has 0 aliphatic rings. The lowest BCUT2D eigenvalue weighted by molar-refractivity contribution is 1.14. The maximum absolute atomic E-state index is 3.18. The summed E-state index contributed by atoms with van der Waals surface area (Å²) in [6.45, 7) is 6.16. The molecule has 14 heavy (non-hydrogen) atoms. The Kier molecular flexibility index (Phi) is 6.63. The van der Waals surface area contributed by atoms with E-state index in [1.165, 1.54) is 11.3 Å². The molecule has 2 N–H and O–H groups in total. The second-order valence-corrected chi connectivity index (χ2v) is 2.73. The third-order valence-electron chi connectivity index (χ3n) is 2.05. The van der Waals surface area contributed by atoms with Crippen LogP contribution in [0, 0.1) is 0 Å². The predicted octanol–water partition coefficient (Wildman–Crippen LogP) is 3.36. The second kappa shape index (κ2) is 7.25. The maximum atomic E-state index is 3.18. The highest BCUT2D eigenvalue weighted by molar-refractivity contribution is 5.60. The first-order valence-corrected chi connectivity index (χ1v) is 5.30. The molecule has 0 aliphatic heterocycles. The van der Waals surface area contributed by atoms with Crippen molar-refractivity contribution in [3.63, 3.8) is 0 Å². The van der Waals surface area contributed by atoms with Crippen molar-refractivity contribution in [1.82, 2.24) is 0 Å². The van der Waals surface area contributed by atoms with Crippen LogP contribution in [0.5, 0.6) is 0 Å². The molecule has 0 saturated heterocycles. The van der Waals surface area contributed by atoms with E-state index in [4.69, 9.17) is 0 Å². The fourth-order valence-corrected chi connectivity index (χ4v) is 1.27. The highest BCUT2D eigenvalue weighted by Crippen LogP contribution is 2.20. The summed E-state index contributed by atoms with van der Waals surface area (Å²) < 4.78 is 0. The summed E-state index contributed by atoms with van der Waals surface area (Å²) >= 11 is 0. The number of benzene rings is 1. The zero-order chi connectivity index (χ0) is 11.0. The van der Waals surface area contributed by atoms with Gasteiger partial charge in [-0.25, -0.2) is 0 Å². The van der Waals surface area contributed by atoms with Gasteiger partial charge in [0.15, 0.2) is 0 Å². The van der Waals surface area contributed by atoms with Crippen LogP contribution >= 0.6 is 0 Å². The van der Waals surface area contributed by atoms with Crippen molar-refractivity contribution < 1.29 is 0 Å². The highest BCUT2D eigenvalue weighted by Gasteiger charge is 1.98. The van der Waals surface area contributed by atoms with Crippen molar-refractivity contribution in [3.05, 3.63) is 23.8 Å². The molecular weight excluding hydrogens is 172 g/mol. The van der Waals surface area contributed by atoms with E-state index in [-0.39, 0.29) is 0 Å². The molecule has 0 bridgehead atoms. The van der Waals surface area contributed by atoms with Gasteiger partial charge in [0.1, 0.15) is 0 Å². The smallest absolute Gasteiger partial charge is 0.0390 e. The number of hydrogen-bond donors (Lipinski definition) is 2. The molecule has 0 aliphatic carbocycles. The largest absolute Gasteiger partial charge is 0.388 e. The van der Waals surface area contributed by atoms with Crippen molar-refractivity contribution in [2.24, 2.45) is 0 Å². The molecule has 2 nitrogen and oxygen atoms in total. The topological polar surface area (TPSA) is 24.1 Å². The number of aryl methyl sites for hydroxylation is 1. The number of anilines is 2. The Labute approximate surface area is 87.7 Å². The summed E-state index contributed by atoms with van der Waals surface area (Å²) in [7, 11) is 3.88. The Morgan fingerprint density at radius 1 is 1.07 bits per heavy atom. The van der Waals surface area contributed by atoms with Gasteiger partial charge in [-0.05, 0) is 24.1 Å². The Morgan fingerprint density at radius 3 is 2.14 bits per heavy atom. The van der Waals surface area contributed by atoms with Gasteiger partial charge in [-0.3, -0.25) is 0 Å². The van der Waals surface area contributed by atoms with Crippen molar-refractivity contribution in [2.75, 3.05) is 24.7 Å². The molecule has 0 saturated carbocycles. The van der Waals surface area contributed by atoms with Crippen LogP contribution in [-0.4, -0.2) is 14.1 Å². The van der Waals surface area contributed by atoms with Gasteiger partial charge in [-0.1, -0.05) is 26.8 Å². The van der Waals surface area contributed by atoms with Gasteiger partial charge in [0.25, 0.3) is 0 Å². The fourth-order valence-electron chi connectivity index (χ4n) is 1.27. The van der Waals surface area contributed by atoms with Crippen LogP contribution in [0.4, 0.5) is 11.4 Å². The van der Waals surface area contributed by atoms with E-state index in [1.54, 1.807) is 0 Å². The third kappa shape index (κ3) is 3.29. The normalized spacial score (nSPS) is 8.64. The lowest BCUT2D eigenvalue weighted by Crippen LogP contribution is -1.96. The van der Waals surface area contributed by atoms with Crippen LogP contribution in [0.2, 0.25) is 0 Å². The molecule has 1 rings (SSSR count). The molecule has 0 radical (unpaired) electrons. The SMILES string of the molecule is CC.CCc1ccc(NC)cc1NC. The summed E-state index contributed by atoms with van der Waals surface area (Å²) in [5.41, 5.74) is 3.72. The zero-order valence-electron chi connectivity index (χ0n) is 9.94. The van der Waals surface area contributed by atoms with E-state index >= 15 is 0 Å². The van der Waals surface area contributed by atoms with E-state index in [2.05, 4.69) is 35.8 Å². The molecule has 0 aromatic heterocycles. The van der Waals surface area contributed by atoms with Crippen molar-refractivity contribution in [3.8, 4) is 0 Å². The van der Waals surface area contributed by atoms with Gasteiger partial charge in [-0.2, -0.15) is 0 Å². The van der Waals surface area contributed by atoms with E-state index in [0.29, 0.717) is 0 Å². The van der Waals surface area contributed by atoms with E-state index in [0.717, 1.165) is 12.1 Å². The molecule has 0 unspecified atom stereocenters. The summed E-state index contributed by atoms with van der Waals surface area (Å²) in [6, 6.07) is 6.37. The molecule has 0 amide bonds. The predicted molar refractivity (Wildman–Crippen MR) is 66.3 cm³/mol. The lowest BCUT2D eigenvalue weighted by Gasteiger charge is -2.09. The molecule has 1 aromatic carbocycles. The molecular formula is C12H22N2. The van der Waals surface area contributed by atoms with E-state index < -0.39 is 0 Å². The van der Waals surface area contributed by atoms with Crippen LogP contribution in [0.25, 0.3) is 0 Å². The standard InChI is InChI=1S/C10H16N2.C2H6/c1-4-8-5-6-9(11-2)7-10(8)12-3;1-2/h5-7,11-12H,4H2,1-3H3;1-2H3. The minimum Gasteiger partial charge on any atom is -0.388 e. The Balaban J connectivity index is 0.000000791. The first-order chi connectivity index (χ1) is 6.81. The average molecular weight is 194 g/mol. The minimum absolute atomic E-state index is 1.07. The van der Waals surface area contributed by atoms with Gasteiger partial charge in [0.05, 0.1) is 0 Å². The Morgan fingerprint density at radius 2 is 1.71 bits per heavy atom. The maximum Gasteiger partial charge on any atom is 0.0390 e. The summed E-state index contributed by atoms with van der Waals surface area (Å²) in [5, 5.41) is 6.29. The zero-order valence-corrected chi connectivity index (χ0v) is 9.94. The van der Waals surface area contributed by atoms with Gasteiger partial charge >= 0.3 is 0 Å². The average Bonchev–Trinajstić information content (AvgIpc) is 2.30. The van der Waals surface area contributed by atoms with Crippen LogP contribution in [-0.2, 0) is 6.42 Å². The summed E-state index contributed by atoms with van der Waals surface area (Å²) in [6.07, 6.45) is 1.07. The van der Waals surface area contributed by atoms with Gasteiger partial charge < -0.3 is 10.6 Å².